The molecule has 0 bridgehead atoms. The summed E-state index contributed by atoms with van der Waals surface area (Å²) in [6.07, 6.45) is 1.32. The molecule has 1 fully saturated rings. The molecular weight excluding hydrogens is 232 g/mol. The highest BCUT2D eigenvalue weighted by Crippen LogP contribution is 2.16. The van der Waals surface area contributed by atoms with Crippen LogP contribution in [-0.4, -0.2) is 31.1 Å². The van der Waals surface area contributed by atoms with Gasteiger partial charge in [0.05, 0.1) is 0 Å². The molecule has 0 spiro atoms. The molecule has 1 saturated heterocycles. The van der Waals surface area contributed by atoms with Crippen molar-refractivity contribution in [2.75, 3.05) is 26.2 Å². The fourth-order valence-electron chi connectivity index (χ4n) is 2.42. The normalized spacial score (nSPS) is 20.9. The monoisotopic (exact) mass is 252 g/mol. The zero-order chi connectivity index (χ0) is 12.1. The average Bonchev–Trinajstić information content (AvgIpc) is 2.80. The Morgan fingerprint density at radius 1 is 1.41 bits per heavy atom. The summed E-state index contributed by atoms with van der Waals surface area (Å²) >= 11 is 6.12. The first-order valence-electron chi connectivity index (χ1n) is 6.46. The minimum Gasteiger partial charge on any atom is -0.312 e. The molecule has 1 N–H and O–H groups in total. The molecule has 1 heterocycles. The minimum absolute atomic E-state index is 0.803. The molecule has 1 aliphatic heterocycles. The van der Waals surface area contributed by atoms with Gasteiger partial charge in [-0.25, -0.2) is 0 Å². The van der Waals surface area contributed by atoms with Crippen molar-refractivity contribution in [1.29, 1.82) is 0 Å². The van der Waals surface area contributed by atoms with Crippen molar-refractivity contribution >= 4 is 11.6 Å². The van der Waals surface area contributed by atoms with E-state index in [9.17, 15) is 0 Å². The van der Waals surface area contributed by atoms with Gasteiger partial charge in [0.1, 0.15) is 0 Å². The lowest BCUT2D eigenvalue weighted by Gasteiger charge is -2.14. The molecule has 1 atom stereocenters. The van der Waals surface area contributed by atoms with E-state index in [0.29, 0.717) is 0 Å². The van der Waals surface area contributed by atoms with E-state index in [-0.39, 0.29) is 0 Å². The standard InChI is InChI=1S/C14H21ClN2/c1-2-17-8-7-12(11-17)9-16-10-13-5-3-4-6-14(13)15/h3-6,12,16H,2,7-11H2,1H3/t12-/m0/s1. The summed E-state index contributed by atoms with van der Waals surface area (Å²) in [6.45, 7) is 7.89. The summed E-state index contributed by atoms with van der Waals surface area (Å²) in [5.41, 5.74) is 1.19. The molecule has 2 rings (SSSR count). The van der Waals surface area contributed by atoms with E-state index >= 15 is 0 Å². The number of nitrogens with one attached hydrogen (secondary N) is 1. The lowest BCUT2D eigenvalue weighted by Crippen LogP contribution is -2.26. The van der Waals surface area contributed by atoms with Gasteiger partial charge in [-0.1, -0.05) is 36.7 Å². The van der Waals surface area contributed by atoms with Gasteiger partial charge in [-0.3, -0.25) is 0 Å². The summed E-state index contributed by atoms with van der Waals surface area (Å²) in [5, 5.41) is 4.38. The predicted octanol–water partition coefficient (Wildman–Crippen LogP) is 2.77. The fourth-order valence-corrected chi connectivity index (χ4v) is 2.62. The van der Waals surface area contributed by atoms with Crippen LogP contribution in [0.3, 0.4) is 0 Å². The molecule has 0 amide bonds. The Hall–Kier alpha value is -0.570. The number of hydrogen-bond acceptors (Lipinski definition) is 2. The first-order chi connectivity index (χ1) is 8.29. The van der Waals surface area contributed by atoms with Gasteiger partial charge in [-0.15, -0.1) is 0 Å². The van der Waals surface area contributed by atoms with E-state index < -0.39 is 0 Å². The van der Waals surface area contributed by atoms with E-state index in [2.05, 4.69) is 23.2 Å². The van der Waals surface area contributed by atoms with Crippen LogP contribution in [-0.2, 0) is 6.54 Å². The van der Waals surface area contributed by atoms with Crippen LogP contribution >= 0.6 is 11.6 Å². The molecule has 1 aromatic rings. The topological polar surface area (TPSA) is 15.3 Å². The number of halogens is 1. The van der Waals surface area contributed by atoms with Crippen molar-refractivity contribution < 1.29 is 0 Å². The van der Waals surface area contributed by atoms with Crippen LogP contribution in [0.2, 0.25) is 5.02 Å². The Bertz CT molecular complexity index is 354. The van der Waals surface area contributed by atoms with Crippen LogP contribution in [0.15, 0.2) is 24.3 Å². The second kappa shape index (κ2) is 6.39. The molecule has 0 aliphatic carbocycles. The van der Waals surface area contributed by atoms with Gasteiger partial charge < -0.3 is 10.2 Å². The number of benzene rings is 1. The van der Waals surface area contributed by atoms with E-state index in [1.807, 2.05) is 18.2 Å². The van der Waals surface area contributed by atoms with Crippen LogP contribution in [0.4, 0.5) is 0 Å². The summed E-state index contributed by atoms with van der Waals surface area (Å²) in [7, 11) is 0. The average molecular weight is 253 g/mol. The van der Waals surface area contributed by atoms with E-state index in [1.165, 1.54) is 31.6 Å². The lowest BCUT2D eigenvalue weighted by atomic mass is 10.1. The van der Waals surface area contributed by atoms with Gasteiger partial charge in [0, 0.05) is 18.1 Å². The van der Waals surface area contributed by atoms with E-state index in [1.54, 1.807) is 0 Å². The molecule has 0 aromatic heterocycles. The highest BCUT2D eigenvalue weighted by molar-refractivity contribution is 6.31. The van der Waals surface area contributed by atoms with Crippen molar-refractivity contribution in [2.24, 2.45) is 5.92 Å². The maximum atomic E-state index is 6.12. The molecular formula is C14H21ClN2. The number of rotatable bonds is 5. The van der Waals surface area contributed by atoms with Crippen LogP contribution < -0.4 is 5.32 Å². The molecule has 1 aliphatic rings. The maximum Gasteiger partial charge on any atom is 0.0450 e. The van der Waals surface area contributed by atoms with Gasteiger partial charge in [0.15, 0.2) is 0 Å². The van der Waals surface area contributed by atoms with Gasteiger partial charge in [-0.2, -0.15) is 0 Å². The number of nitrogens with zero attached hydrogens (tertiary/aromatic N) is 1. The highest BCUT2D eigenvalue weighted by Gasteiger charge is 2.20. The summed E-state index contributed by atoms with van der Waals surface area (Å²) in [6, 6.07) is 8.05. The van der Waals surface area contributed by atoms with Crippen LogP contribution in [0.25, 0.3) is 0 Å². The summed E-state index contributed by atoms with van der Waals surface area (Å²) < 4.78 is 0. The largest absolute Gasteiger partial charge is 0.312 e. The minimum atomic E-state index is 0.803. The summed E-state index contributed by atoms with van der Waals surface area (Å²) in [5.74, 6) is 0.803. The van der Waals surface area contributed by atoms with Crippen LogP contribution in [0.5, 0.6) is 0 Å². The van der Waals surface area contributed by atoms with Gasteiger partial charge in [0.25, 0.3) is 0 Å². The van der Waals surface area contributed by atoms with Gasteiger partial charge in [-0.05, 0) is 43.6 Å². The quantitative estimate of drug-likeness (QED) is 0.867. The molecule has 17 heavy (non-hydrogen) atoms. The maximum absolute atomic E-state index is 6.12. The molecule has 0 radical (unpaired) electrons. The van der Waals surface area contributed by atoms with Gasteiger partial charge >= 0.3 is 0 Å². The zero-order valence-corrected chi connectivity index (χ0v) is 11.2. The van der Waals surface area contributed by atoms with Crippen molar-refractivity contribution in [3.8, 4) is 0 Å². The summed E-state index contributed by atoms with van der Waals surface area (Å²) in [4.78, 5) is 2.52. The number of likely N-dealkylation sites (tertiary alicyclic amines) is 1. The third kappa shape index (κ3) is 3.70. The Morgan fingerprint density at radius 3 is 2.94 bits per heavy atom. The van der Waals surface area contributed by atoms with E-state index in [4.69, 9.17) is 11.6 Å². The van der Waals surface area contributed by atoms with Gasteiger partial charge in [0.2, 0.25) is 0 Å². The van der Waals surface area contributed by atoms with Crippen LogP contribution in [0.1, 0.15) is 18.9 Å². The molecule has 3 heteroatoms. The van der Waals surface area contributed by atoms with Crippen molar-refractivity contribution in [1.82, 2.24) is 10.2 Å². The molecule has 0 saturated carbocycles. The van der Waals surface area contributed by atoms with Crippen molar-refractivity contribution in [2.45, 2.75) is 19.9 Å². The highest BCUT2D eigenvalue weighted by atomic mass is 35.5. The Labute approximate surface area is 109 Å². The van der Waals surface area contributed by atoms with Crippen molar-refractivity contribution in [3.63, 3.8) is 0 Å². The molecule has 0 unspecified atom stereocenters. The third-order valence-corrected chi connectivity index (χ3v) is 3.89. The predicted molar refractivity (Wildman–Crippen MR) is 73.4 cm³/mol. The molecule has 94 valence electrons. The second-order valence-electron chi connectivity index (χ2n) is 4.77. The number of hydrogen-bond donors (Lipinski definition) is 1. The first-order valence-corrected chi connectivity index (χ1v) is 6.84. The van der Waals surface area contributed by atoms with Crippen LogP contribution in [0, 0.1) is 5.92 Å². The Balaban J connectivity index is 1.72. The molecule has 2 nitrogen and oxygen atoms in total. The SMILES string of the molecule is CCN1CC[C@@H](CNCc2ccccc2Cl)C1. The fraction of sp³-hybridized carbons (Fsp3) is 0.571. The Kier molecular flexibility index (Phi) is 4.84. The van der Waals surface area contributed by atoms with E-state index in [0.717, 1.165) is 24.0 Å². The lowest BCUT2D eigenvalue weighted by molar-refractivity contribution is 0.339. The smallest absolute Gasteiger partial charge is 0.0450 e. The third-order valence-electron chi connectivity index (χ3n) is 3.52. The zero-order valence-electron chi connectivity index (χ0n) is 10.5. The first kappa shape index (κ1) is 12.9. The van der Waals surface area contributed by atoms with Crippen molar-refractivity contribution in [3.05, 3.63) is 34.9 Å². The Morgan fingerprint density at radius 2 is 2.24 bits per heavy atom. The second-order valence-corrected chi connectivity index (χ2v) is 5.18. The molecule has 1 aromatic carbocycles.